The number of aliphatic imine (C=N–C) groups is 1. The Hall–Kier alpha value is -4.14. The largest absolute Gasteiger partial charge is 0.360 e. The number of carbonyl (C=O) groups is 1. The fourth-order valence-electron chi connectivity index (χ4n) is 4.19. The van der Waals surface area contributed by atoms with Crippen LogP contribution in [-0.2, 0) is 11.2 Å². The zero-order valence-corrected chi connectivity index (χ0v) is 21.9. The lowest BCUT2D eigenvalue weighted by Gasteiger charge is -2.35. The summed E-state index contributed by atoms with van der Waals surface area (Å²) in [5.41, 5.74) is 3.31. The van der Waals surface area contributed by atoms with Crippen LogP contribution in [0, 0.1) is 30.2 Å². The number of nitrogens with zero attached hydrogens (tertiary/aromatic N) is 3. The van der Waals surface area contributed by atoms with Crippen molar-refractivity contribution in [3.63, 3.8) is 0 Å². The fourth-order valence-corrected chi connectivity index (χ4v) is 4.19. The van der Waals surface area contributed by atoms with Gasteiger partial charge in [-0.25, -0.2) is 22.6 Å². The van der Waals surface area contributed by atoms with E-state index in [2.05, 4.69) is 5.32 Å². The maximum Gasteiger partial charge on any atom is 0.223 e. The lowest BCUT2D eigenvalue weighted by atomic mass is 10.1. The zero-order valence-electron chi connectivity index (χ0n) is 21.9. The summed E-state index contributed by atoms with van der Waals surface area (Å²) in [5.74, 6) is -3.01. The van der Waals surface area contributed by atoms with Gasteiger partial charge in [0.25, 0.3) is 0 Å². The summed E-state index contributed by atoms with van der Waals surface area (Å²) >= 11 is 0. The van der Waals surface area contributed by atoms with Gasteiger partial charge in [-0.1, -0.05) is 17.7 Å². The first-order chi connectivity index (χ1) is 18.7. The molecule has 0 aliphatic carbocycles. The van der Waals surface area contributed by atoms with Gasteiger partial charge >= 0.3 is 0 Å². The van der Waals surface area contributed by atoms with Crippen LogP contribution >= 0.6 is 0 Å². The Morgan fingerprint density at radius 2 is 1.64 bits per heavy atom. The van der Waals surface area contributed by atoms with Gasteiger partial charge in [0.1, 0.15) is 17.5 Å². The topological polar surface area (TPSA) is 47.9 Å². The van der Waals surface area contributed by atoms with E-state index in [-0.39, 0.29) is 36.7 Å². The number of anilines is 1. The summed E-state index contributed by atoms with van der Waals surface area (Å²) in [6.07, 6.45) is 2.29. The van der Waals surface area contributed by atoms with E-state index in [4.69, 9.17) is 4.99 Å². The van der Waals surface area contributed by atoms with E-state index in [1.807, 2.05) is 43.1 Å². The molecule has 0 radical (unpaired) electrons. The van der Waals surface area contributed by atoms with Crippen LogP contribution in [0.3, 0.4) is 0 Å². The fraction of sp³-hybridized carbons (Fsp3) is 0.267. The van der Waals surface area contributed by atoms with Gasteiger partial charge in [0.05, 0.1) is 12.2 Å². The number of rotatable bonds is 8. The molecular formula is C30H30F4N4O. The molecule has 0 saturated carbocycles. The molecule has 1 aliphatic heterocycles. The molecule has 5 nitrogen and oxygen atoms in total. The van der Waals surface area contributed by atoms with Gasteiger partial charge in [-0.2, -0.15) is 0 Å². The first-order valence-electron chi connectivity index (χ1n) is 12.7. The summed E-state index contributed by atoms with van der Waals surface area (Å²) in [6.45, 7) is 3.32. The average molecular weight is 539 g/mol. The molecule has 4 rings (SSSR count). The second-order valence-electron chi connectivity index (χ2n) is 9.52. The van der Waals surface area contributed by atoms with Crippen LogP contribution in [0.4, 0.5) is 23.2 Å². The van der Waals surface area contributed by atoms with Crippen LogP contribution < -0.4 is 5.32 Å². The highest BCUT2D eigenvalue weighted by Crippen LogP contribution is 2.21. The molecule has 1 saturated heterocycles. The van der Waals surface area contributed by atoms with Crippen LogP contribution in [0.2, 0.25) is 0 Å². The van der Waals surface area contributed by atoms with Crippen molar-refractivity contribution in [2.45, 2.75) is 26.2 Å². The minimum Gasteiger partial charge on any atom is -0.360 e. The Morgan fingerprint density at radius 1 is 0.949 bits per heavy atom. The van der Waals surface area contributed by atoms with Gasteiger partial charge in [0.2, 0.25) is 5.91 Å². The summed E-state index contributed by atoms with van der Waals surface area (Å²) in [5, 5.41) is 3.24. The van der Waals surface area contributed by atoms with Crippen molar-refractivity contribution in [2.24, 2.45) is 4.99 Å². The number of piperazine rings is 1. The number of likely N-dealkylation sites (N-methyl/N-ethyl adjacent to an activating group) is 1. The Kier molecular flexibility index (Phi) is 9.01. The lowest BCUT2D eigenvalue weighted by molar-refractivity contribution is -0.131. The predicted octanol–water partition coefficient (Wildman–Crippen LogP) is 6.16. The number of benzene rings is 3. The molecular weight excluding hydrogens is 508 g/mol. The number of amidine groups is 1. The standard InChI is InChI=1S/C30H30F4N4O/c1-20-6-12-24(13-7-20)35-18-28(21-8-10-23(31)11-9-21)36-29-19-38(15-14-37(29)2)30(39)5-3-4-22-16-26(33)27(34)17-25(22)32/h6-13,16-18,35H,3-5,14-15,19H2,1-2H3/b28-18+,36-29?. The summed E-state index contributed by atoms with van der Waals surface area (Å²) in [4.78, 5) is 21.4. The van der Waals surface area contributed by atoms with Crippen LogP contribution in [-0.4, -0.2) is 48.2 Å². The Labute approximate surface area is 225 Å². The SMILES string of the molecule is Cc1ccc(N/C=C(/N=C2CN(C(=O)CCCc3cc(F)c(F)cc3F)CCN2C)c2ccc(F)cc2)cc1. The van der Waals surface area contributed by atoms with E-state index in [0.717, 1.165) is 17.3 Å². The van der Waals surface area contributed by atoms with Crippen molar-refractivity contribution in [1.29, 1.82) is 0 Å². The minimum atomic E-state index is -1.24. The summed E-state index contributed by atoms with van der Waals surface area (Å²) in [6, 6.07) is 15.2. The van der Waals surface area contributed by atoms with Crippen molar-refractivity contribution >= 4 is 23.1 Å². The van der Waals surface area contributed by atoms with Crippen molar-refractivity contribution < 1.29 is 22.4 Å². The molecule has 1 amide bonds. The van der Waals surface area contributed by atoms with Gasteiger partial charge < -0.3 is 15.1 Å². The number of amides is 1. The molecule has 0 atom stereocenters. The average Bonchev–Trinajstić information content (AvgIpc) is 2.92. The van der Waals surface area contributed by atoms with E-state index in [1.165, 1.54) is 12.1 Å². The quantitative estimate of drug-likeness (QED) is 0.276. The molecule has 3 aromatic rings. The molecule has 1 fully saturated rings. The van der Waals surface area contributed by atoms with Gasteiger partial charge in [0.15, 0.2) is 11.6 Å². The number of hydrogen-bond acceptors (Lipinski definition) is 3. The monoisotopic (exact) mass is 538 g/mol. The smallest absolute Gasteiger partial charge is 0.223 e. The number of hydrogen-bond donors (Lipinski definition) is 1. The first kappa shape index (κ1) is 27.9. The molecule has 0 spiro atoms. The molecule has 0 bridgehead atoms. The van der Waals surface area contributed by atoms with Gasteiger partial charge in [0, 0.05) is 50.1 Å². The van der Waals surface area contributed by atoms with E-state index in [9.17, 15) is 22.4 Å². The Bertz CT molecular complexity index is 1370. The highest BCUT2D eigenvalue weighted by Gasteiger charge is 2.24. The maximum atomic E-state index is 13.9. The lowest BCUT2D eigenvalue weighted by Crippen LogP contribution is -2.50. The number of carbonyl (C=O) groups excluding carboxylic acids is 1. The summed E-state index contributed by atoms with van der Waals surface area (Å²) in [7, 11) is 1.89. The van der Waals surface area contributed by atoms with Crippen LogP contribution in [0.15, 0.2) is 71.9 Å². The Balaban J connectivity index is 1.47. The molecule has 1 aliphatic rings. The molecule has 204 valence electrons. The molecule has 1 heterocycles. The second kappa shape index (κ2) is 12.6. The maximum absolute atomic E-state index is 13.9. The van der Waals surface area contributed by atoms with Crippen LogP contribution in [0.5, 0.6) is 0 Å². The third kappa shape index (κ3) is 7.46. The van der Waals surface area contributed by atoms with Crippen molar-refractivity contribution in [1.82, 2.24) is 9.80 Å². The second-order valence-corrected chi connectivity index (χ2v) is 9.52. The van der Waals surface area contributed by atoms with Crippen molar-refractivity contribution in [3.8, 4) is 0 Å². The third-order valence-electron chi connectivity index (χ3n) is 6.57. The van der Waals surface area contributed by atoms with E-state index >= 15 is 0 Å². The molecule has 9 heteroatoms. The third-order valence-corrected chi connectivity index (χ3v) is 6.57. The van der Waals surface area contributed by atoms with Crippen LogP contribution in [0.25, 0.3) is 5.70 Å². The van der Waals surface area contributed by atoms with Gasteiger partial charge in [-0.15, -0.1) is 0 Å². The van der Waals surface area contributed by atoms with Gasteiger partial charge in [-0.3, -0.25) is 4.79 Å². The molecule has 0 unspecified atom stereocenters. The van der Waals surface area contributed by atoms with Crippen molar-refractivity contribution in [3.05, 3.63) is 107 Å². The van der Waals surface area contributed by atoms with E-state index < -0.39 is 17.5 Å². The number of halogens is 4. The number of nitrogens with one attached hydrogen (secondary N) is 1. The molecule has 3 aromatic carbocycles. The highest BCUT2D eigenvalue weighted by atomic mass is 19.2. The molecule has 39 heavy (non-hydrogen) atoms. The number of aryl methyl sites for hydroxylation is 2. The van der Waals surface area contributed by atoms with Crippen molar-refractivity contribution in [2.75, 3.05) is 32.0 Å². The van der Waals surface area contributed by atoms with Gasteiger partial charge in [-0.05, 0) is 67.8 Å². The van der Waals surface area contributed by atoms with E-state index in [1.54, 1.807) is 23.2 Å². The first-order valence-corrected chi connectivity index (χ1v) is 12.7. The Morgan fingerprint density at radius 3 is 2.36 bits per heavy atom. The van der Waals surface area contributed by atoms with Crippen LogP contribution in [0.1, 0.15) is 29.5 Å². The normalized spacial score (nSPS) is 15.1. The predicted molar refractivity (Wildman–Crippen MR) is 145 cm³/mol. The summed E-state index contributed by atoms with van der Waals surface area (Å²) < 4.78 is 54.2. The van der Waals surface area contributed by atoms with E-state index in [0.29, 0.717) is 42.7 Å². The minimum absolute atomic E-state index is 0.0393. The highest BCUT2D eigenvalue weighted by molar-refractivity contribution is 5.93. The molecule has 1 N–H and O–H groups in total. The zero-order chi connectivity index (χ0) is 27.9. The molecule has 0 aromatic heterocycles.